The molecule has 1 heterocycles. The number of anilines is 1. The van der Waals surface area contributed by atoms with Crippen molar-refractivity contribution in [3.8, 4) is 0 Å². The molecule has 2 aromatic rings. The van der Waals surface area contributed by atoms with Crippen LogP contribution in [0.1, 0.15) is 29.0 Å². The first-order valence-electron chi connectivity index (χ1n) is 7.16. The number of hydrogen-bond acceptors (Lipinski definition) is 5. The van der Waals surface area contributed by atoms with Gasteiger partial charge in [0.15, 0.2) is 11.5 Å². The Bertz CT molecular complexity index is 701. The van der Waals surface area contributed by atoms with E-state index < -0.39 is 10.8 Å². The molecule has 1 amide bonds. The van der Waals surface area contributed by atoms with Crippen molar-refractivity contribution in [1.82, 2.24) is 15.5 Å². The third-order valence-electron chi connectivity index (χ3n) is 3.75. The average Bonchev–Trinajstić information content (AvgIpc) is 2.60. The van der Waals surface area contributed by atoms with Crippen molar-refractivity contribution in [1.29, 1.82) is 0 Å². The Morgan fingerprint density at radius 3 is 2.30 bits per heavy atom. The summed E-state index contributed by atoms with van der Waals surface area (Å²) in [5.74, 6) is 0.413. The SMILES string of the molecule is CNC(=O)c1ccc(N(C)C(C)c2ccc(S(C)=O)cc2)nn1. The van der Waals surface area contributed by atoms with E-state index in [1.807, 2.05) is 43.1 Å². The largest absolute Gasteiger partial charge is 0.354 e. The van der Waals surface area contributed by atoms with E-state index in [1.54, 1.807) is 25.4 Å². The van der Waals surface area contributed by atoms with Crippen molar-refractivity contribution in [2.75, 3.05) is 25.3 Å². The summed E-state index contributed by atoms with van der Waals surface area (Å²) in [5.41, 5.74) is 1.37. The van der Waals surface area contributed by atoms with Crippen molar-refractivity contribution < 1.29 is 9.00 Å². The van der Waals surface area contributed by atoms with Crippen LogP contribution in [0, 0.1) is 0 Å². The standard InChI is InChI=1S/C16H20N4O2S/c1-11(12-5-7-13(8-6-12)23(4)22)20(3)15-10-9-14(18-19-15)16(21)17-2/h5-11H,1-4H3,(H,17,21). The van der Waals surface area contributed by atoms with Crippen LogP contribution in [0.4, 0.5) is 5.82 Å². The van der Waals surface area contributed by atoms with E-state index in [9.17, 15) is 9.00 Å². The summed E-state index contributed by atoms with van der Waals surface area (Å²) in [6.07, 6.45) is 1.66. The Labute approximate surface area is 138 Å². The highest BCUT2D eigenvalue weighted by Crippen LogP contribution is 2.24. The van der Waals surface area contributed by atoms with Gasteiger partial charge in [-0.15, -0.1) is 10.2 Å². The van der Waals surface area contributed by atoms with Gasteiger partial charge in [0.05, 0.1) is 6.04 Å². The van der Waals surface area contributed by atoms with E-state index in [0.717, 1.165) is 10.5 Å². The lowest BCUT2D eigenvalue weighted by Gasteiger charge is -2.26. The van der Waals surface area contributed by atoms with Gasteiger partial charge < -0.3 is 10.2 Å². The van der Waals surface area contributed by atoms with E-state index >= 15 is 0 Å². The monoisotopic (exact) mass is 332 g/mol. The molecular formula is C16H20N4O2S. The van der Waals surface area contributed by atoms with Gasteiger partial charge in [-0.25, -0.2) is 0 Å². The molecule has 0 spiro atoms. The molecule has 0 aliphatic heterocycles. The Morgan fingerprint density at radius 1 is 1.17 bits per heavy atom. The first-order valence-corrected chi connectivity index (χ1v) is 8.72. The van der Waals surface area contributed by atoms with Crippen molar-refractivity contribution in [2.45, 2.75) is 17.9 Å². The lowest BCUT2D eigenvalue weighted by Crippen LogP contribution is -2.24. The maximum Gasteiger partial charge on any atom is 0.271 e. The first kappa shape index (κ1) is 17.1. The minimum Gasteiger partial charge on any atom is -0.354 e. The molecule has 0 saturated heterocycles. The third kappa shape index (κ3) is 3.92. The highest BCUT2D eigenvalue weighted by molar-refractivity contribution is 7.84. The summed E-state index contributed by atoms with van der Waals surface area (Å²) in [5, 5.41) is 10.6. The maximum absolute atomic E-state index is 11.5. The lowest BCUT2D eigenvalue weighted by atomic mass is 10.1. The highest BCUT2D eigenvalue weighted by Gasteiger charge is 2.15. The van der Waals surface area contributed by atoms with Crippen LogP contribution >= 0.6 is 0 Å². The molecule has 0 fully saturated rings. The second-order valence-electron chi connectivity index (χ2n) is 5.17. The maximum atomic E-state index is 11.5. The predicted octanol–water partition coefficient (Wildman–Crippen LogP) is 1.77. The number of benzene rings is 1. The molecule has 6 nitrogen and oxygen atoms in total. The molecule has 1 aromatic heterocycles. The third-order valence-corrected chi connectivity index (χ3v) is 4.68. The predicted molar refractivity (Wildman–Crippen MR) is 91.0 cm³/mol. The molecular weight excluding hydrogens is 312 g/mol. The van der Waals surface area contributed by atoms with E-state index in [-0.39, 0.29) is 17.6 Å². The Morgan fingerprint density at radius 2 is 1.83 bits per heavy atom. The molecule has 0 bridgehead atoms. The zero-order chi connectivity index (χ0) is 17.0. The molecule has 23 heavy (non-hydrogen) atoms. The van der Waals surface area contributed by atoms with Gasteiger partial charge >= 0.3 is 0 Å². The average molecular weight is 332 g/mol. The van der Waals surface area contributed by atoms with Gasteiger partial charge in [0.2, 0.25) is 0 Å². The minimum absolute atomic E-state index is 0.0643. The normalized spacial score (nSPS) is 13.2. The van der Waals surface area contributed by atoms with Crippen molar-refractivity contribution in [2.24, 2.45) is 0 Å². The summed E-state index contributed by atoms with van der Waals surface area (Å²) in [6, 6.07) is 11.1. The van der Waals surface area contributed by atoms with E-state index in [4.69, 9.17) is 0 Å². The zero-order valence-electron chi connectivity index (χ0n) is 13.6. The van der Waals surface area contributed by atoms with E-state index in [0.29, 0.717) is 5.82 Å². The van der Waals surface area contributed by atoms with Crippen LogP contribution < -0.4 is 10.2 Å². The summed E-state index contributed by atoms with van der Waals surface area (Å²) in [7, 11) is 2.49. The van der Waals surface area contributed by atoms with Gasteiger partial charge in [-0.1, -0.05) is 12.1 Å². The second-order valence-corrected chi connectivity index (χ2v) is 6.55. The van der Waals surface area contributed by atoms with Crippen LogP contribution in [-0.4, -0.2) is 40.7 Å². The zero-order valence-corrected chi connectivity index (χ0v) is 14.4. The van der Waals surface area contributed by atoms with Gasteiger partial charge in [-0.3, -0.25) is 9.00 Å². The molecule has 2 atom stereocenters. The molecule has 1 N–H and O–H groups in total. The molecule has 0 aliphatic rings. The molecule has 0 radical (unpaired) electrons. The minimum atomic E-state index is -0.979. The molecule has 7 heteroatoms. The van der Waals surface area contributed by atoms with Gasteiger partial charge in [0.25, 0.3) is 5.91 Å². The first-order chi connectivity index (χ1) is 10.9. The van der Waals surface area contributed by atoms with Gasteiger partial charge in [0, 0.05) is 36.0 Å². The smallest absolute Gasteiger partial charge is 0.271 e. The lowest BCUT2D eigenvalue weighted by molar-refractivity contribution is 0.0957. The van der Waals surface area contributed by atoms with Crippen molar-refractivity contribution in [3.05, 3.63) is 47.7 Å². The summed E-state index contributed by atoms with van der Waals surface area (Å²) in [6.45, 7) is 2.05. The van der Waals surface area contributed by atoms with Crippen molar-refractivity contribution >= 4 is 22.5 Å². The van der Waals surface area contributed by atoms with Crippen molar-refractivity contribution in [3.63, 3.8) is 0 Å². The molecule has 2 rings (SSSR count). The number of nitrogens with one attached hydrogen (secondary N) is 1. The molecule has 0 saturated carbocycles. The van der Waals surface area contributed by atoms with Gasteiger partial charge in [0.1, 0.15) is 0 Å². The molecule has 1 aromatic carbocycles. The van der Waals surface area contributed by atoms with Crippen LogP contribution in [-0.2, 0) is 10.8 Å². The molecule has 0 aliphatic carbocycles. The highest BCUT2D eigenvalue weighted by atomic mass is 32.2. The van der Waals surface area contributed by atoms with Gasteiger partial charge in [-0.05, 0) is 36.8 Å². The van der Waals surface area contributed by atoms with E-state index in [1.165, 1.54) is 0 Å². The fourth-order valence-corrected chi connectivity index (χ4v) is 2.64. The van der Waals surface area contributed by atoms with Crippen LogP contribution in [0.25, 0.3) is 0 Å². The molecule has 2 unspecified atom stereocenters. The number of hydrogen-bond donors (Lipinski definition) is 1. The fourth-order valence-electron chi connectivity index (χ4n) is 2.12. The van der Waals surface area contributed by atoms with E-state index in [2.05, 4.69) is 15.5 Å². The Kier molecular flexibility index (Phi) is 5.44. The summed E-state index contributed by atoms with van der Waals surface area (Å²) < 4.78 is 11.4. The van der Waals surface area contributed by atoms with Crippen LogP contribution in [0.15, 0.2) is 41.3 Å². The number of amides is 1. The topological polar surface area (TPSA) is 75.2 Å². The fraction of sp³-hybridized carbons (Fsp3) is 0.312. The van der Waals surface area contributed by atoms with Gasteiger partial charge in [-0.2, -0.15) is 0 Å². The Balaban J connectivity index is 2.16. The quantitative estimate of drug-likeness (QED) is 0.903. The number of carbonyl (C=O) groups excluding carboxylic acids is 1. The summed E-state index contributed by atoms with van der Waals surface area (Å²) in [4.78, 5) is 14.3. The van der Waals surface area contributed by atoms with Crippen LogP contribution in [0.2, 0.25) is 0 Å². The second kappa shape index (κ2) is 7.32. The summed E-state index contributed by atoms with van der Waals surface area (Å²) >= 11 is 0. The number of nitrogens with zero attached hydrogens (tertiary/aromatic N) is 3. The molecule has 122 valence electrons. The number of rotatable bonds is 5. The number of aromatic nitrogens is 2. The number of carbonyl (C=O) groups is 1. The van der Waals surface area contributed by atoms with Crippen LogP contribution in [0.5, 0.6) is 0 Å². The Hall–Kier alpha value is -2.28. The van der Waals surface area contributed by atoms with Crippen LogP contribution in [0.3, 0.4) is 0 Å².